The number of aromatic carboxylic acids is 1. The summed E-state index contributed by atoms with van der Waals surface area (Å²) in [6, 6.07) is 9.05. The summed E-state index contributed by atoms with van der Waals surface area (Å²) < 4.78 is 52.3. The molecule has 0 amide bonds. The van der Waals surface area contributed by atoms with Crippen LogP contribution in [0.4, 0.5) is 23.2 Å². The Morgan fingerprint density at radius 1 is 1.15 bits per heavy atom. The summed E-state index contributed by atoms with van der Waals surface area (Å²) in [6.45, 7) is 0.229. The van der Waals surface area contributed by atoms with Crippen molar-refractivity contribution >= 4 is 22.6 Å². The molecule has 3 rings (SSSR count). The van der Waals surface area contributed by atoms with Crippen molar-refractivity contribution < 1.29 is 27.5 Å². The Morgan fingerprint density at radius 2 is 1.88 bits per heavy atom. The summed E-state index contributed by atoms with van der Waals surface area (Å²) in [5.41, 5.74) is -0.912. The average molecular weight is 366 g/mol. The van der Waals surface area contributed by atoms with Crippen LogP contribution in [0.25, 0.3) is 10.9 Å². The van der Waals surface area contributed by atoms with Crippen LogP contribution in [0, 0.1) is 5.82 Å². The molecular weight excluding hydrogens is 352 g/mol. The molecule has 0 fully saturated rings. The lowest BCUT2D eigenvalue weighted by atomic mass is 10.1. The number of carboxylic acids is 1. The molecular formula is C18H14F4N2O2. The number of fused-ring (bicyclic) bond motifs is 1. The molecule has 0 aliphatic heterocycles. The Kier molecular flexibility index (Phi) is 4.58. The molecule has 26 heavy (non-hydrogen) atoms. The fourth-order valence-electron chi connectivity index (χ4n) is 2.82. The molecule has 0 spiro atoms. The second kappa shape index (κ2) is 6.70. The molecule has 3 N–H and O–H groups in total. The number of halogens is 4. The third-order valence-electron chi connectivity index (χ3n) is 4.05. The second-order valence-corrected chi connectivity index (χ2v) is 5.69. The van der Waals surface area contributed by atoms with Gasteiger partial charge in [0, 0.05) is 23.6 Å². The van der Waals surface area contributed by atoms with Gasteiger partial charge in [-0.15, -0.1) is 0 Å². The number of alkyl halides is 3. The predicted octanol–water partition coefficient (Wildman–Crippen LogP) is 4.68. The summed E-state index contributed by atoms with van der Waals surface area (Å²) in [5.74, 6) is -3.55. The largest absolute Gasteiger partial charge is 0.478 e. The van der Waals surface area contributed by atoms with Gasteiger partial charge in [0.15, 0.2) is 5.82 Å². The molecule has 4 nitrogen and oxygen atoms in total. The van der Waals surface area contributed by atoms with Crippen molar-refractivity contribution in [2.75, 3.05) is 11.9 Å². The average Bonchev–Trinajstić information content (AvgIpc) is 2.97. The highest BCUT2D eigenvalue weighted by molar-refractivity contribution is 5.95. The maximum atomic E-state index is 14.0. The van der Waals surface area contributed by atoms with Gasteiger partial charge in [0.1, 0.15) is 5.56 Å². The number of nitrogens with one attached hydrogen (secondary N) is 2. The van der Waals surface area contributed by atoms with Gasteiger partial charge in [-0.25, -0.2) is 9.18 Å². The van der Waals surface area contributed by atoms with Crippen molar-refractivity contribution in [1.29, 1.82) is 0 Å². The van der Waals surface area contributed by atoms with Gasteiger partial charge in [-0.05, 0) is 30.2 Å². The number of carboxylic acid groups (broad SMARTS) is 1. The minimum atomic E-state index is -4.96. The summed E-state index contributed by atoms with van der Waals surface area (Å²) >= 11 is 0. The summed E-state index contributed by atoms with van der Waals surface area (Å²) in [5, 5.41) is 12.8. The van der Waals surface area contributed by atoms with Crippen LogP contribution < -0.4 is 5.32 Å². The molecule has 136 valence electrons. The van der Waals surface area contributed by atoms with Crippen LogP contribution in [0.15, 0.2) is 42.6 Å². The SMILES string of the molecule is O=C(O)c1c(NCCc2c[nH]c3ccccc23)ccc(C(F)(F)F)c1F. The lowest BCUT2D eigenvalue weighted by molar-refractivity contribution is -0.140. The molecule has 0 aliphatic carbocycles. The highest BCUT2D eigenvalue weighted by atomic mass is 19.4. The number of hydrogen-bond donors (Lipinski definition) is 3. The zero-order valence-corrected chi connectivity index (χ0v) is 13.3. The van der Waals surface area contributed by atoms with E-state index in [1.54, 1.807) is 6.20 Å². The molecule has 0 radical (unpaired) electrons. The zero-order chi connectivity index (χ0) is 18.9. The number of H-pyrrole nitrogens is 1. The van der Waals surface area contributed by atoms with Gasteiger partial charge in [0.2, 0.25) is 0 Å². The van der Waals surface area contributed by atoms with Gasteiger partial charge in [-0.1, -0.05) is 18.2 Å². The highest BCUT2D eigenvalue weighted by Gasteiger charge is 2.36. The zero-order valence-electron chi connectivity index (χ0n) is 13.3. The fourth-order valence-corrected chi connectivity index (χ4v) is 2.82. The minimum absolute atomic E-state index is 0.192. The number of anilines is 1. The Labute approximate surface area is 145 Å². The van der Waals surface area contributed by atoms with E-state index in [-0.39, 0.29) is 12.2 Å². The maximum absolute atomic E-state index is 14.0. The third-order valence-corrected chi connectivity index (χ3v) is 4.05. The maximum Gasteiger partial charge on any atom is 0.419 e. The molecule has 8 heteroatoms. The van der Waals surface area contributed by atoms with Crippen LogP contribution in [-0.2, 0) is 12.6 Å². The van der Waals surface area contributed by atoms with Crippen LogP contribution in [0.2, 0.25) is 0 Å². The van der Waals surface area contributed by atoms with E-state index in [0.717, 1.165) is 22.5 Å². The number of carbonyl (C=O) groups is 1. The Balaban J connectivity index is 1.81. The van der Waals surface area contributed by atoms with Gasteiger partial charge in [-0.3, -0.25) is 0 Å². The normalized spacial score (nSPS) is 11.7. The first-order chi connectivity index (χ1) is 12.3. The van der Waals surface area contributed by atoms with E-state index in [1.807, 2.05) is 24.3 Å². The molecule has 1 aromatic heterocycles. The highest BCUT2D eigenvalue weighted by Crippen LogP contribution is 2.35. The summed E-state index contributed by atoms with van der Waals surface area (Å²) in [4.78, 5) is 14.3. The monoisotopic (exact) mass is 366 g/mol. The van der Waals surface area contributed by atoms with Crippen LogP contribution >= 0.6 is 0 Å². The van der Waals surface area contributed by atoms with E-state index < -0.39 is 29.1 Å². The third kappa shape index (κ3) is 3.35. The van der Waals surface area contributed by atoms with Crippen molar-refractivity contribution in [1.82, 2.24) is 4.98 Å². The topological polar surface area (TPSA) is 65.1 Å². The van der Waals surface area contributed by atoms with Gasteiger partial charge in [0.05, 0.1) is 11.3 Å². The lowest BCUT2D eigenvalue weighted by Gasteiger charge is -2.14. The fraction of sp³-hybridized carbons (Fsp3) is 0.167. The van der Waals surface area contributed by atoms with Crippen LogP contribution in [0.5, 0.6) is 0 Å². The van der Waals surface area contributed by atoms with E-state index in [2.05, 4.69) is 10.3 Å². The first kappa shape index (κ1) is 17.8. The number of hydrogen-bond acceptors (Lipinski definition) is 2. The minimum Gasteiger partial charge on any atom is -0.478 e. The van der Waals surface area contributed by atoms with Crippen molar-refractivity contribution in [2.45, 2.75) is 12.6 Å². The number of benzene rings is 2. The van der Waals surface area contributed by atoms with Crippen molar-refractivity contribution in [3.8, 4) is 0 Å². The first-order valence-electron chi connectivity index (χ1n) is 7.71. The van der Waals surface area contributed by atoms with Crippen LogP contribution in [0.1, 0.15) is 21.5 Å². The molecule has 1 heterocycles. The number of para-hydroxylation sites is 1. The first-order valence-corrected chi connectivity index (χ1v) is 7.71. The number of aromatic nitrogens is 1. The van der Waals surface area contributed by atoms with Crippen LogP contribution in [0.3, 0.4) is 0 Å². The molecule has 2 aromatic carbocycles. The number of rotatable bonds is 5. The van der Waals surface area contributed by atoms with E-state index >= 15 is 0 Å². The van der Waals surface area contributed by atoms with E-state index in [9.17, 15) is 22.4 Å². The van der Waals surface area contributed by atoms with E-state index in [4.69, 9.17) is 5.11 Å². The molecule has 0 saturated carbocycles. The summed E-state index contributed by atoms with van der Waals surface area (Å²) in [6.07, 6.45) is -2.68. The van der Waals surface area contributed by atoms with Crippen molar-refractivity contribution in [2.24, 2.45) is 0 Å². The number of aromatic amines is 1. The van der Waals surface area contributed by atoms with E-state index in [1.165, 1.54) is 0 Å². The molecule has 0 atom stereocenters. The molecule has 0 aliphatic rings. The van der Waals surface area contributed by atoms with Crippen molar-refractivity contribution in [3.63, 3.8) is 0 Å². The van der Waals surface area contributed by atoms with E-state index in [0.29, 0.717) is 12.5 Å². The van der Waals surface area contributed by atoms with Gasteiger partial charge in [0.25, 0.3) is 0 Å². The smallest absolute Gasteiger partial charge is 0.419 e. The standard InChI is InChI=1S/C18H14F4N2O2/c19-16-12(18(20,21)22)5-6-14(15(16)17(25)26)23-8-7-10-9-24-13-4-2-1-3-11(10)13/h1-6,9,23-24H,7-8H2,(H,25,26). The van der Waals surface area contributed by atoms with Crippen molar-refractivity contribution in [3.05, 3.63) is 65.1 Å². The molecule has 0 bridgehead atoms. The molecule has 3 aromatic rings. The van der Waals surface area contributed by atoms with Gasteiger partial charge in [-0.2, -0.15) is 13.2 Å². The Morgan fingerprint density at radius 3 is 2.58 bits per heavy atom. The molecule has 0 saturated heterocycles. The Bertz CT molecular complexity index is 963. The predicted molar refractivity (Wildman–Crippen MR) is 88.9 cm³/mol. The van der Waals surface area contributed by atoms with Crippen LogP contribution in [-0.4, -0.2) is 22.6 Å². The van der Waals surface area contributed by atoms with Gasteiger partial charge >= 0.3 is 12.1 Å². The Hall–Kier alpha value is -3.03. The second-order valence-electron chi connectivity index (χ2n) is 5.69. The summed E-state index contributed by atoms with van der Waals surface area (Å²) in [7, 11) is 0. The van der Waals surface area contributed by atoms with Gasteiger partial charge < -0.3 is 15.4 Å². The quantitative estimate of drug-likeness (QED) is 0.575. The molecule has 0 unspecified atom stereocenters. The lowest BCUT2D eigenvalue weighted by Crippen LogP contribution is -2.16.